The molecule has 0 saturated carbocycles. The molecule has 0 aliphatic rings. The molecular weight excluding hydrogens is 408 g/mol. The second kappa shape index (κ2) is 7.61. The monoisotopic (exact) mass is 424 g/mol. The number of aromatic nitrogens is 3. The van der Waals surface area contributed by atoms with Gasteiger partial charge in [0, 0.05) is 11.9 Å². The molecule has 2 aromatic carbocycles. The summed E-state index contributed by atoms with van der Waals surface area (Å²) in [5.74, 6) is 0.109. The smallest absolute Gasteiger partial charge is 0.295 e. The number of para-hydroxylation sites is 1. The van der Waals surface area contributed by atoms with Crippen LogP contribution in [0.5, 0.6) is 0 Å². The molecule has 0 fully saturated rings. The zero-order valence-electron chi connectivity index (χ0n) is 15.3. The van der Waals surface area contributed by atoms with Gasteiger partial charge < -0.3 is 5.32 Å². The second-order valence-corrected chi connectivity index (χ2v) is 9.20. The summed E-state index contributed by atoms with van der Waals surface area (Å²) in [5.41, 5.74) is 1.25. The predicted molar refractivity (Wildman–Crippen MR) is 112 cm³/mol. The topological polar surface area (TPSA) is 94.0 Å². The van der Waals surface area contributed by atoms with Gasteiger partial charge in [0.1, 0.15) is 0 Å². The lowest BCUT2D eigenvalue weighted by atomic mass is 10.3. The Morgan fingerprint density at radius 2 is 1.72 bits per heavy atom. The van der Waals surface area contributed by atoms with Crippen molar-refractivity contribution in [2.75, 3.05) is 11.6 Å². The lowest BCUT2D eigenvalue weighted by molar-refractivity contribution is 0.101. The van der Waals surface area contributed by atoms with Gasteiger partial charge in [-0.2, -0.15) is 0 Å². The van der Waals surface area contributed by atoms with Crippen LogP contribution in [0.15, 0.2) is 77.0 Å². The van der Waals surface area contributed by atoms with Crippen molar-refractivity contribution >= 4 is 32.8 Å². The van der Waals surface area contributed by atoms with Crippen molar-refractivity contribution in [1.29, 1.82) is 0 Å². The quantitative estimate of drug-likeness (QED) is 0.528. The SMILES string of the molecule is CS(=O)(=O)c1ccc(NC(=O)c2nc(-c3cccs3)n(-c3ccccc3)n2)cc1. The molecule has 1 N–H and O–H groups in total. The second-order valence-electron chi connectivity index (χ2n) is 6.23. The van der Waals surface area contributed by atoms with Gasteiger partial charge in [0.15, 0.2) is 15.7 Å². The highest BCUT2D eigenvalue weighted by Crippen LogP contribution is 2.25. The summed E-state index contributed by atoms with van der Waals surface area (Å²) in [6, 6.07) is 19.2. The Labute approximate surface area is 171 Å². The fourth-order valence-corrected chi connectivity index (χ4v) is 4.02. The molecular formula is C20H16N4O3S2. The van der Waals surface area contributed by atoms with Crippen molar-refractivity contribution in [2.24, 2.45) is 0 Å². The molecule has 0 unspecified atom stereocenters. The molecule has 0 radical (unpaired) electrons. The molecule has 0 spiro atoms. The van der Waals surface area contributed by atoms with Gasteiger partial charge in [-0.05, 0) is 47.8 Å². The van der Waals surface area contributed by atoms with Crippen molar-refractivity contribution in [3.05, 3.63) is 77.9 Å². The van der Waals surface area contributed by atoms with Gasteiger partial charge in [-0.15, -0.1) is 16.4 Å². The molecule has 2 heterocycles. The Morgan fingerprint density at radius 1 is 1.00 bits per heavy atom. The number of sulfone groups is 1. The van der Waals surface area contributed by atoms with Crippen LogP contribution in [0.4, 0.5) is 5.69 Å². The number of carbonyl (C=O) groups is 1. The number of hydrogen-bond acceptors (Lipinski definition) is 6. The predicted octanol–water partition coefficient (Wildman–Crippen LogP) is 3.65. The highest BCUT2D eigenvalue weighted by molar-refractivity contribution is 7.90. The van der Waals surface area contributed by atoms with Crippen LogP contribution in [0.25, 0.3) is 16.4 Å². The average Bonchev–Trinajstić information content (AvgIpc) is 3.38. The van der Waals surface area contributed by atoms with Crippen LogP contribution in [-0.2, 0) is 9.84 Å². The van der Waals surface area contributed by atoms with E-state index in [9.17, 15) is 13.2 Å². The minimum absolute atomic E-state index is 0.0180. The normalized spacial score (nSPS) is 11.3. The molecule has 146 valence electrons. The summed E-state index contributed by atoms with van der Waals surface area (Å²) in [6.45, 7) is 0. The summed E-state index contributed by atoms with van der Waals surface area (Å²) in [7, 11) is -3.30. The molecule has 4 aromatic rings. The van der Waals surface area contributed by atoms with Crippen LogP contribution in [0.1, 0.15) is 10.6 Å². The first-order valence-corrected chi connectivity index (χ1v) is 11.4. The number of nitrogens with zero attached hydrogens (tertiary/aromatic N) is 3. The van der Waals surface area contributed by atoms with Crippen LogP contribution in [0, 0.1) is 0 Å². The summed E-state index contributed by atoms with van der Waals surface area (Å²) in [5, 5.41) is 9.03. The Morgan fingerprint density at radius 3 is 2.34 bits per heavy atom. The van der Waals surface area contributed by atoms with Crippen molar-refractivity contribution in [3.8, 4) is 16.4 Å². The lowest BCUT2D eigenvalue weighted by Gasteiger charge is -2.04. The van der Waals surface area contributed by atoms with Gasteiger partial charge in [-0.3, -0.25) is 4.79 Å². The number of thiophene rings is 1. The minimum Gasteiger partial charge on any atom is -0.319 e. The molecule has 0 atom stereocenters. The van der Waals surface area contributed by atoms with Crippen LogP contribution >= 0.6 is 11.3 Å². The Hall–Kier alpha value is -3.30. The third kappa shape index (κ3) is 4.10. The summed E-state index contributed by atoms with van der Waals surface area (Å²) in [4.78, 5) is 18.2. The molecule has 0 aliphatic heterocycles. The average molecular weight is 425 g/mol. The molecule has 1 amide bonds. The van der Waals surface area contributed by atoms with Crippen molar-refractivity contribution < 1.29 is 13.2 Å². The van der Waals surface area contributed by atoms with Crippen LogP contribution in [0.3, 0.4) is 0 Å². The van der Waals surface area contributed by atoms with Gasteiger partial charge in [0.05, 0.1) is 15.5 Å². The Kier molecular flexibility index (Phi) is 4.99. The van der Waals surface area contributed by atoms with E-state index in [0.717, 1.165) is 16.8 Å². The van der Waals surface area contributed by atoms with Gasteiger partial charge in [-0.25, -0.2) is 18.1 Å². The molecule has 9 heteroatoms. The van der Waals surface area contributed by atoms with E-state index in [-0.39, 0.29) is 10.7 Å². The number of carbonyl (C=O) groups excluding carboxylic acids is 1. The first-order chi connectivity index (χ1) is 13.9. The zero-order chi connectivity index (χ0) is 20.4. The number of amides is 1. The third-order valence-electron chi connectivity index (χ3n) is 4.09. The molecule has 29 heavy (non-hydrogen) atoms. The highest BCUT2D eigenvalue weighted by Gasteiger charge is 2.19. The summed E-state index contributed by atoms with van der Waals surface area (Å²) >= 11 is 1.51. The van der Waals surface area contributed by atoms with Gasteiger partial charge >= 0.3 is 0 Å². The number of nitrogens with one attached hydrogen (secondary N) is 1. The van der Waals surface area contributed by atoms with Crippen LogP contribution < -0.4 is 5.32 Å². The minimum atomic E-state index is -3.30. The first-order valence-electron chi connectivity index (χ1n) is 8.60. The Balaban J connectivity index is 1.65. The maximum atomic E-state index is 12.7. The summed E-state index contributed by atoms with van der Waals surface area (Å²) in [6.07, 6.45) is 1.13. The standard InChI is InChI=1S/C20H16N4O3S2/c1-29(26,27)16-11-9-14(10-12-16)21-20(25)18-22-19(17-8-5-13-28-17)24(23-18)15-6-3-2-4-7-15/h2-13H,1H3,(H,21,25). The zero-order valence-corrected chi connectivity index (χ0v) is 16.9. The third-order valence-corrected chi connectivity index (χ3v) is 6.09. The van der Waals surface area contributed by atoms with E-state index in [1.54, 1.807) is 4.68 Å². The van der Waals surface area contributed by atoms with Gasteiger partial charge in [-0.1, -0.05) is 24.3 Å². The molecule has 2 aromatic heterocycles. The molecule has 4 rings (SSSR count). The highest BCUT2D eigenvalue weighted by atomic mass is 32.2. The molecule has 0 saturated heterocycles. The molecule has 0 bridgehead atoms. The summed E-state index contributed by atoms with van der Waals surface area (Å²) < 4.78 is 24.8. The van der Waals surface area contributed by atoms with E-state index >= 15 is 0 Å². The number of hydrogen-bond donors (Lipinski definition) is 1. The van der Waals surface area contributed by atoms with Gasteiger partial charge in [0.2, 0.25) is 5.82 Å². The number of anilines is 1. The lowest BCUT2D eigenvalue weighted by Crippen LogP contribution is -2.14. The Bertz CT molecular complexity index is 1250. The first kappa shape index (κ1) is 19.0. The van der Waals surface area contributed by atoms with Crippen molar-refractivity contribution in [3.63, 3.8) is 0 Å². The fraction of sp³-hybridized carbons (Fsp3) is 0.0500. The van der Waals surface area contributed by atoms with E-state index in [0.29, 0.717) is 11.5 Å². The maximum Gasteiger partial charge on any atom is 0.295 e. The number of rotatable bonds is 5. The largest absolute Gasteiger partial charge is 0.319 e. The van der Waals surface area contributed by atoms with Gasteiger partial charge in [0.25, 0.3) is 5.91 Å². The molecule has 7 nitrogen and oxygen atoms in total. The van der Waals surface area contributed by atoms with Crippen LogP contribution in [-0.4, -0.2) is 35.3 Å². The van der Waals surface area contributed by atoms with E-state index in [4.69, 9.17) is 0 Å². The van der Waals surface area contributed by atoms with E-state index in [1.165, 1.54) is 35.6 Å². The van der Waals surface area contributed by atoms with E-state index in [1.807, 2.05) is 47.8 Å². The van der Waals surface area contributed by atoms with Crippen molar-refractivity contribution in [1.82, 2.24) is 14.8 Å². The maximum absolute atomic E-state index is 12.7. The van der Waals surface area contributed by atoms with E-state index < -0.39 is 15.7 Å². The molecule has 0 aliphatic carbocycles. The number of benzene rings is 2. The fourth-order valence-electron chi connectivity index (χ4n) is 2.70. The van der Waals surface area contributed by atoms with Crippen LogP contribution in [0.2, 0.25) is 0 Å². The van der Waals surface area contributed by atoms with Crippen molar-refractivity contribution in [2.45, 2.75) is 4.90 Å². The van der Waals surface area contributed by atoms with E-state index in [2.05, 4.69) is 15.4 Å².